The van der Waals surface area contributed by atoms with E-state index in [-0.39, 0.29) is 19.4 Å². The summed E-state index contributed by atoms with van der Waals surface area (Å²) >= 11 is 0. The van der Waals surface area contributed by atoms with Crippen LogP contribution in [0.2, 0.25) is 0 Å². The topological polar surface area (TPSA) is 78.8 Å². The second-order valence-corrected chi connectivity index (χ2v) is 7.55. The van der Waals surface area contributed by atoms with Crippen LogP contribution < -0.4 is 5.32 Å². The van der Waals surface area contributed by atoms with Crippen molar-refractivity contribution in [3.05, 3.63) is 71.0 Å². The van der Waals surface area contributed by atoms with Crippen molar-refractivity contribution in [1.29, 1.82) is 0 Å². The SMILES string of the molecule is O=C(NC(Cc1ccc(C(F)(F)F)cc1)C(O)c1ccc(F)cc1)C1CC(O)CCO1. The van der Waals surface area contributed by atoms with Gasteiger partial charge >= 0.3 is 6.18 Å². The normalized spacial score (nSPS) is 21.4. The minimum absolute atomic E-state index is 0.0255. The lowest BCUT2D eigenvalue weighted by Crippen LogP contribution is -2.48. The maximum Gasteiger partial charge on any atom is 0.416 e. The number of ether oxygens (including phenoxy) is 1. The van der Waals surface area contributed by atoms with Gasteiger partial charge in [-0.2, -0.15) is 13.2 Å². The predicted molar refractivity (Wildman–Crippen MR) is 103 cm³/mol. The molecule has 3 N–H and O–H groups in total. The zero-order valence-corrected chi connectivity index (χ0v) is 16.5. The van der Waals surface area contributed by atoms with E-state index in [1.54, 1.807) is 0 Å². The van der Waals surface area contributed by atoms with E-state index in [4.69, 9.17) is 4.74 Å². The van der Waals surface area contributed by atoms with Gasteiger partial charge in [-0.15, -0.1) is 0 Å². The van der Waals surface area contributed by atoms with Crippen molar-refractivity contribution in [2.24, 2.45) is 0 Å². The molecule has 2 aromatic rings. The Morgan fingerprint density at radius 2 is 1.77 bits per heavy atom. The third-order valence-electron chi connectivity index (χ3n) is 5.21. The van der Waals surface area contributed by atoms with Gasteiger partial charge in [0.1, 0.15) is 11.9 Å². The Balaban J connectivity index is 1.79. The lowest BCUT2D eigenvalue weighted by molar-refractivity contribution is -0.141. The average molecular weight is 441 g/mol. The Bertz CT molecular complexity index is 871. The molecule has 1 fully saturated rings. The molecule has 0 radical (unpaired) electrons. The molecule has 168 valence electrons. The van der Waals surface area contributed by atoms with Gasteiger partial charge in [-0.3, -0.25) is 4.79 Å². The van der Waals surface area contributed by atoms with Crippen molar-refractivity contribution >= 4 is 5.91 Å². The molecule has 2 aromatic carbocycles. The number of aliphatic hydroxyl groups excluding tert-OH is 2. The average Bonchev–Trinajstić information content (AvgIpc) is 2.73. The minimum Gasteiger partial charge on any atom is -0.393 e. The molecule has 5 nitrogen and oxygen atoms in total. The number of amides is 1. The van der Waals surface area contributed by atoms with Crippen molar-refractivity contribution in [2.75, 3.05) is 6.61 Å². The molecule has 1 saturated heterocycles. The summed E-state index contributed by atoms with van der Waals surface area (Å²) in [5.74, 6) is -1.04. The summed E-state index contributed by atoms with van der Waals surface area (Å²) in [4.78, 5) is 12.7. The highest BCUT2D eigenvalue weighted by molar-refractivity contribution is 5.81. The van der Waals surface area contributed by atoms with Crippen LogP contribution >= 0.6 is 0 Å². The molecular weight excluding hydrogens is 418 g/mol. The first kappa shape index (κ1) is 23.2. The Kier molecular flexibility index (Phi) is 7.30. The second kappa shape index (κ2) is 9.76. The first-order valence-corrected chi connectivity index (χ1v) is 9.83. The quantitative estimate of drug-likeness (QED) is 0.602. The Hall–Kier alpha value is -2.49. The third kappa shape index (κ3) is 6.25. The summed E-state index contributed by atoms with van der Waals surface area (Å²) in [7, 11) is 0. The summed E-state index contributed by atoms with van der Waals surface area (Å²) in [6.07, 6.45) is -6.77. The van der Waals surface area contributed by atoms with E-state index in [1.807, 2.05) is 0 Å². The van der Waals surface area contributed by atoms with Crippen LogP contribution in [0.25, 0.3) is 0 Å². The highest BCUT2D eigenvalue weighted by Gasteiger charge is 2.32. The second-order valence-electron chi connectivity index (χ2n) is 7.55. The van der Waals surface area contributed by atoms with E-state index < -0.39 is 47.8 Å². The molecule has 31 heavy (non-hydrogen) atoms. The van der Waals surface area contributed by atoms with Gasteiger partial charge in [-0.25, -0.2) is 4.39 Å². The fourth-order valence-corrected chi connectivity index (χ4v) is 3.46. The molecule has 0 saturated carbocycles. The van der Waals surface area contributed by atoms with E-state index in [0.29, 0.717) is 17.5 Å². The fourth-order valence-electron chi connectivity index (χ4n) is 3.46. The van der Waals surface area contributed by atoms with Gasteiger partial charge in [0.25, 0.3) is 0 Å². The molecule has 0 aromatic heterocycles. The van der Waals surface area contributed by atoms with Crippen LogP contribution in [-0.4, -0.2) is 41.0 Å². The maximum absolute atomic E-state index is 13.2. The first-order chi connectivity index (χ1) is 14.6. The molecule has 1 amide bonds. The highest BCUT2D eigenvalue weighted by atomic mass is 19.4. The van der Waals surface area contributed by atoms with Gasteiger partial charge in [0.15, 0.2) is 0 Å². The van der Waals surface area contributed by atoms with E-state index in [0.717, 1.165) is 24.3 Å². The van der Waals surface area contributed by atoms with Crippen LogP contribution in [0.15, 0.2) is 48.5 Å². The van der Waals surface area contributed by atoms with Crippen LogP contribution in [-0.2, 0) is 22.1 Å². The fraction of sp³-hybridized carbons (Fsp3) is 0.409. The van der Waals surface area contributed by atoms with Crippen molar-refractivity contribution < 1.29 is 37.3 Å². The molecule has 1 heterocycles. The molecule has 1 aliphatic heterocycles. The number of hydrogen-bond donors (Lipinski definition) is 3. The van der Waals surface area contributed by atoms with Crippen LogP contribution in [0.3, 0.4) is 0 Å². The zero-order valence-electron chi connectivity index (χ0n) is 16.5. The molecule has 4 atom stereocenters. The molecule has 0 spiro atoms. The van der Waals surface area contributed by atoms with Crippen LogP contribution in [0.1, 0.15) is 35.6 Å². The van der Waals surface area contributed by atoms with Gasteiger partial charge in [0.05, 0.1) is 30.4 Å². The molecule has 9 heteroatoms. The van der Waals surface area contributed by atoms with Crippen molar-refractivity contribution in [3.63, 3.8) is 0 Å². The number of alkyl halides is 3. The van der Waals surface area contributed by atoms with Gasteiger partial charge in [0.2, 0.25) is 5.91 Å². The smallest absolute Gasteiger partial charge is 0.393 e. The predicted octanol–water partition coefficient (Wildman–Crippen LogP) is 3.15. The minimum atomic E-state index is -4.47. The first-order valence-electron chi connectivity index (χ1n) is 9.83. The lowest BCUT2D eigenvalue weighted by Gasteiger charge is -2.30. The lowest BCUT2D eigenvalue weighted by atomic mass is 9.95. The Morgan fingerprint density at radius 1 is 1.13 bits per heavy atom. The number of benzene rings is 2. The molecule has 1 aliphatic rings. The number of halogens is 4. The van der Waals surface area contributed by atoms with Gasteiger partial charge in [-0.05, 0) is 48.2 Å². The van der Waals surface area contributed by atoms with Crippen molar-refractivity contribution in [1.82, 2.24) is 5.32 Å². The monoisotopic (exact) mass is 441 g/mol. The third-order valence-corrected chi connectivity index (χ3v) is 5.21. The largest absolute Gasteiger partial charge is 0.416 e. The molecule has 0 bridgehead atoms. The summed E-state index contributed by atoms with van der Waals surface area (Å²) in [6, 6.07) is 8.56. The van der Waals surface area contributed by atoms with Crippen LogP contribution in [0.4, 0.5) is 17.6 Å². The number of hydrogen-bond acceptors (Lipinski definition) is 4. The Labute approximate surface area is 176 Å². The number of carbonyl (C=O) groups is 1. The Morgan fingerprint density at radius 3 is 2.35 bits per heavy atom. The van der Waals surface area contributed by atoms with E-state index in [2.05, 4.69) is 5.32 Å². The van der Waals surface area contributed by atoms with Gasteiger partial charge in [0, 0.05) is 6.42 Å². The number of aliphatic hydroxyl groups is 2. The zero-order chi connectivity index (χ0) is 22.6. The van der Waals surface area contributed by atoms with Crippen molar-refractivity contribution in [2.45, 2.75) is 49.8 Å². The molecule has 4 unspecified atom stereocenters. The van der Waals surface area contributed by atoms with E-state index in [9.17, 15) is 32.6 Å². The van der Waals surface area contributed by atoms with Gasteiger partial charge in [-0.1, -0.05) is 24.3 Å². The number of nitrogens with one attached hydrogen (secondary N) is 1. The van der Waals surface area contributed by atoms with E-state index >= 15 is 0 Å². The molecule has 0 aliphatic carbocycles. The van der Waals surface area contributed by atoms with Gasteiger partial charge < -0.3 is 20.3 Å². The summed E-state index contributed by atoms with van der Waals surface area (Å²) in [6.45, 7) is 0.212. The molecular formula is C22H23F4NO4. The highest BCUT2D eigenvalue weighted by Crippen LogP contribution is 2.30. The van der Waals surface area contributed by atoms with Crippen molar-refractivity contribution in [3.8, 4) is 0 Å². The summed E-state index contributed by atoms with van der Waals surface area (Å²) in [5.41, 5.74) is -0.00669. The number of carbonyl (C=O) groups excluding carboxylic acids is 1. The maximum atomic E-state index is 13.2. The van der Waals surface area contributed by atoms with E-state index in [1.165, 1.54) is 24.3 Å². The molecule has 3 rings (SSSR count). The van der Waals surface area contributed by atoms with Crippen LogP contribution in [0, 0.1) is 5.82 Å². The number of rotatable bonds is 6. The standard InChI is InChI=1S/C22H23F4NO4/c23-16-7-3-14(4-8-16)20(29)18(27-21(30)19-12-17(28)9-10-31-19)11-13-1-5-15(6-2-13)22(24,25)26/h1-8,17-20,28-29H,9-12H2,(H,27,30). The van der Waals surface area contributed by atoms with Crippen LogP contribution in [0.5, 0.6) is 0 Å². The summed E-state index contributed by atoms with van der Waals surface area (Å²) < 4.78 is 57.1. The summed E-state index contributed by atoms with van der Waals surface area (Å²) in [5, 5.41) is 23.2.